The van der Waals surface area contributed by atoms with E-state index in [1.54, 1.807) is 18.4 Å². The molecule has 0 saturated carbocycles. The Morgan fingerprint density at radius 3 is 2.75 bits per heavy atom. The second kappa shape index (κ2) is 7.38. The van der Waals surface area contributed by atoms with E-state index in [1.807, 2.05) is 48.0 Å². The molecule has 0 saturated heterocycles. The van der Waals surface area contributed by atoms with Gasteiger partial charge in [-0.1, -0.05) is 36.5 Å². The van der Waals surface area contributed by atoms with Gasteiger partial charge < -0.3 is 15.4 Å². The Balaban J connectivity index is 2.21. The molecule has 0 radical (unpaired) electrons. The van der Waals surface area contributed by atoms with Gasteiger partial charge in [-0.3, -0.25) is 0 Å². The van der Waals surface area contributed by atoms with E-state index in [0.717, 1.165) is 31.7 Å². The molecule has 2 N–H and O–H groups in total. The molecular formula is C17H16N2O2S3. The second-order valence-corrected chi connectivity index (χ2v) is 7.46. The molecule has 1 aliphatic heterocycles. The van der Waals surface area contributed by atoms with Crippen molar-refractivity contribution in [2.24, 2.45) is 0 Å². The molecule has 2 amide bonds. The standard InChI is InChI=1S/C17H16N2O2S3/c1-21-11-7-4-3-6-10(11)14-13(16(22)23-2)15(19-17(20)18-14)12-8-5-9-24-12/h3-9,14H,1-2H3,(H2,18,19,20). The minimum Gasteiger partial charge on any atom is -0.496 e. The zero-order valence-corrected chi connectivity index (χ0v) is 15.6. The van der Waals surface area contributed by atoms with Crippen molar-refractivity contribution in [3.63, 3.8) is 0 Å². The van der Waals surface area contributed by atoms with Crippen LogP contribution < -0.4 is 15.4 Å². The number of urea groups is 1. The summed E-state index contributed by atoms with van der Waals surface area (Å²) < 4.78 is 6.22. The lowest BCUT2D eigenvalue weighted by atomic mass is 9.95. The van der Waals surface area contributed by atoms with E-state index >= 15 is 0 Å². The van der Waals surface area contributed by atoms with E-state index in [0.29, 0.717) is 0 Å². The monoisotopic (exact) mass is 376 g/mol. The van der Waals surface area contributed by atoms with Gasteiger partial charge in [0.25, 0.3) is 0 Å². The van der Waals surface area contributed by atoms with E-state index < -0.39 is 0 Å². The predicted octanol–water partition coefficient (Wildman–Crippen LogP) is 4.21. The number of benzene rings is 1. The molecule has 1 aromatic carbocycles. The minimum absolute atomic E-state index is 0.248. The molecule has 0 aliphatic carbocycles. The van der Waals surface area contributed by atoms with Crippen LogP contribution in [0.2, 0.25) is 0 Å². The highest BCUT2D eigenvalue weighted by Crippen LogP contribution is 2.38. The van der Waals surface area contributed by atoms with Gasteiger partial charge in [-0.25, -0.2) is 4.79 Å². The van der Waals surface area contributed by atoms with Gasteiger partial charge in [-0.2, -0.15) is 0 Å². The lowest BCUT2D eigenvalue weighted by Crippen LogP contribution is -2.44. The third-order valence-corrected chi connectivity index (χ3v) is 5.89. The molecule has 3 rings (SSSR count). The molecule has 0 bridgehead atoms. The summed E-state index contributed by atoms with van der Waals surface area (Å²) in [6.45, 7) is 0. The summed E-state index contributed by atoms with van der Waals surface area (Å²) in [5.41, 5.74) is 2.54. The first-order valence-electron chi connectivity index (χ1n) is 7.22. The summed E-state index contributed by atoms with van der Waals surface area (Å²) in [7, 11) is 1.62. The second-order valence-electron chi connectivity index (χ2n) is 5.03. The van der Waals surface area contributed by atoms with Crippen LogP contribution in [0, 0.1) is 0 Å². The van der Waals surface area contributed by atoms with Crippen LogP contribution in [0.25, 0.3) is 5.70 Å². The Morgan fingerprint density at radius 2 is 2.08 bits per heavy atom. The van der Waals surface area contributed by atoms with Crippen LogP contribution >= 0.6 is 35.3 Å². The van der Waals surface area contributed by atoms with Gasteiger partial charge in [0, 0.05) is 11.1 Å². The fourth-order valence-corrected chi connectivity index (χ4v) is 4.05. The van der Waals surface area contributed by atoms with Gasteiger partial charge in [-0.15, -0.1) is 23.1 Å². The van der Waals surface area contributed by atoms with Crippen LogP contribution in [-0.4, -0.2) is 23.6 Å². The number of nitrogens with one attached hydrogen (secondary N) is 2. The van der Waals surface area contributed by atoms with Crippen molar-refractivity contribution in [3.05, 3.63) is 57.8 Å². The van der Waals surface area contributed by atoms with E-state index in [2.05, 4.69) is 10.6 Å². The number of hydrogen-bond acceptors (Lipinski definition) is 5. The van der Waals surface area contributed by atoms with Gasteiger partial charge in [0.2, 0.25) is 0 Å². The lowest BCUT2D eigenvalue weighted by Gasteiger charge is -2.31. The predicted molar refractivity (Wildman–Crippen MR) is 105 cm³/mol. The maximum absolute atomic E-state index is 12.3. The molecule has 1 aromatic heterocycles. The first-order valence-corrected chi connectivity index (χ1v) is 9.73. The number of carbonyl (C=O) groups is 1. The summed E-state index contributed by atoms with van der Waals surface area (Å²) >= 11 is 8.66. The summed E-state index contributed by atoms with van der Waals surface area (Å²) in [6, 6.07) is 11.0. The summed E-state index contributed by atoms with van der Waals surface area (Å²) in [5, 5.41) is 7.88. The highest BCUT2D eigenvalue weighted by atomic mass is 32.2. The van der Waals surface area contributed by atoms with E-state index in [1.165, 1.54) is 11.8 Å². The number of ether oxygens (including phenoxy) is 1. The maximum atomic E-state index is 12.3. The minimum atomic E-state index is -0.355. The van der Waals surface area contributed by atoms with Gasteiger partial charge in [0.15, 0.2) is 0 Å². The number of para-hydroxylation sites is 1. The zero-order chi connectivity index (χ0) is 17.1. The van der Waals surface area contributed by atoms with E-state index in [4.69, 9.17) is 17.0 Å². The number of thiophene rings is 1. The Labute approximate surface area is 154 Å². The molecule has 0 fully saturated rings. The van der Waals surface area contributed by atoms with Crippen molar-refractivity contribution in [1.29, 1.82) is 0 Å². The molecule has 7 heteroatoms. The van der Waals surface area contributed by atoms with Crippen molar-refractivity contribution < 1.29 is 9.53 Å². The molecule has 2 heterocycles. The first-order chi connectivity index (χ1) is 11.7. The topological polar surface area (TPSA) is 50.4 Å². The van der Waals surface area contributed by atoms with Crippen LogP contribution in [0.1, 0.15) is 16.5 Å². The number of amides is 2. The maximum Gasteiger partial charge on any atom is 0.320 e. The Hall–Kier alpha value is -1.83. The third kappa shape index (κ3) is 3.19. The molecule has 0 spiro atoms. The number of rotatable bonds is 4. The highest BCUT2D eigenvalue weighted by molar-refractivity contribution is 8.23. The molecule has 24 heavy (non-hydrogen) atoms. The number of methoxy groups -OCH3 is 1. The van der Waals surface area contributed by atoms with E-state index in [9.17, 15) is 4.79 Å². The normalized spacial score (nSPS) is 17.2. The van der Waals surface area contributed by atoms with Crippen LogP contribution in [0.15, 0.2) is 47.4 Å². The van der Waals surface area contributed by atoms with Crippen LogP contribution in [0.4, 0.5) is 4.79 Å². The summed E-state index contributed by atoms with van der Waals surface area (Å²) in [5.74, 6) is 0.719. The average Bonchev–Trinajstić information content (AvgIpc) is 3.14. The van der Waals surface area contributed by atoms with Crippen LogP contribution in [0.5, 0.6) is 5.75 Å². The van der Waals surface area contributed by atoms with Crippen molar-refractivity contribution in [1.82, 2.24) is 10.6 Å². The summed E-state index contributed by atoms with van der Waals surface area (Å²) in [4.78, 5) is 13.2. The van der Waals surface area contributed by atoms with Crippen molar-refractivity contribution in [2.75, 3.05) is 13.4 Å². The fraction of sp³-hybridized carbons (Fsp3) is 0.176. The third-order valence-electron chi connectivity index (χ3n) is 3.69. The zero-order valence-electron chi connectivity index (χ0n) is 13.2. The number of hydrogen-bond donors (Lipinski definition) is 2. The van der Waals surface area contributed by atoms with Crippen molar-refractivity contribution >= 4 is 51.2 Å². The van der Waals surface area contributed by atoms with Gasteiger partial charge in [0.05, 0.1) is 27.9 Å². The SMILES string of the molecule is COc1ccccc1C1NC(=O)NC(c2cccs2)=C1C(=S)SC. The fourth-order valence-electron chi connectivity index (χ4n) is 2.65. The van der Waals surface area contributed by atoms with Crippen LogP contribution in [0.3, 0.4) is 0 Å². The number of thiocarbonyl (C=S) groups is 1. The summed E-state index contributed by atoms with van der Waals surface area (Å²) in [6.07, 6.45) is 1.94. The molecule has 124 valence electrons. The highest BCUT2D eigenvalue weighted by Gasteiger charge is 2.33. The number of carbonyl (C=O) groups excluding carboxylic acids is 1. The molecule has 1 unspecified atom stereocenters. The Morgan fingerprint density at radius 1 is 1.29 bits per heavy atom. The lowest BCUT2D eigenvalue weighted by molar-refractivity contribution is 0.241. The molecule has 4 nitrogen and oxygen atoms in total. The van der Waals surface area contributed by atoms with Crippen molar-refractivity contribution in [3.8, 4) is 5.75 Å². The Bertz CT molecular complexity index is 800. The smallest absolute Gasteiger partial charge is 0.320 e. The quantitative estimate of drug-likeness (QED) is 0.785. The molecular weight excluding hydrogens is 360 g/mol. The van der Waals surface area contributed by atoms with Crippen molar-refractivity contribution in [2.45, 2.75) is 6.04 Å². The van der Waals surface area contributed by atoms with E-state index in [-0.39, 0.29) is 12.1 Å². The van der Waals surface area contributed by atoms with Gasteiger partial charge in [0.1, 0.15) is 5.75 Å². The molecule has 1 atom stereocenters. The van der Waals surface area contributed by atoms with Crippen LogP contribution in [-0.2, 0) is 0 Å². The largest absolute Gasteiger partial charge is 0.496 e. The van der Waals surface area contributed by atoms with Gasteiger partial charge >= 0.3 is 6.03 Å². The Kier molecular flexibility index (Phi) is 5.23. The molecule has 1 aliphatic rings. The average molecular weight is 377 g/mol. The first kappa shape index (κ1) is 17.0. The van der Waals surface area contributed by atoms with Gasteiger partial charge in [-0.05, 0) is 23.8 Å². The molecule has 2 aromatic rings. The number of thioether (sulfide) groups is 1.